The van der Waals surface area contributed by atoms with E-state index in [1.807, 2.05) is 0 Å². The third kappa shape index (κ3) is 2.71. The third-order valence-electron chi connectivity index (χ3n) is 2.18. The molecule has 0 aliphatic heterocycles. The van der Waals surface area contributed by atoms with E-state index in [0.717, 1.165) is 0 Å². The average Bonchev–Trinajstić information content (AvgIpc) is 2.09. The largest absolute Gasteiger partial charge is 0.488 e. The molecule has 0 unspecified atom stereocenters. The summed E-state index contributed by atoms with van der Waals surface area (Å²) in [6, 6.07) is 2.96. The minimum absolute atomic E-state index is 0.190. The van der Waals surface area contributed by atoms with Gasteiger partial charge in [-0.1, -0.05) is 6.07 Å². The lowest BCUT2D eigenvalue weighted by Crippen LogP contribution is -2.33. The number of hydrogen-bond donors (Lipinski definition) is 4. The first-order chi connectivity index (χ1) is 6.91. The zero-order valence-electron chi connectivity index (χ0n) is 8.27. The van der Waals surface area contributed by atoms with E-state index in [9.17, 15) is 4.79 Å². The van der Waals surface area contributed by atoms with Crippen molar-refractivity contribution in [1.29, 1.82) is 0 Å². The number of carbonyl (C=O) groups is 1. The first-order valence-corrected chi connectivity index (χ1v) is 4.38. The first kappa shape index (κ1) is 11.5. The number of nitrogens with two attached hydrogens (primary N) is 1. The molecular formula is C9H12BNO4. The van der Waals surface area contributed by atoms with Crippen LogP contribution in [0.3, 0.4) is 0 Å². The summed E-state index contributed by atoms with van der Waals surface area (Å²) in [6.07, 6.45) is -0.190. The van der Waals surface area contributed by atoms with E-state index in [1.54, 1.807) is 6.92 Å². The van der Waals surface area contributed by atoms with Gasteiger partial charge >= 0.3 is 13.1 Å². The standard InChI is InChI=1S/C9H12BNO4/c1-5-7(10(14)15)2-6(3-8(5)11)4-9(12)13/h2-3,14-15H,4,11H2,1H3,(H,12,13). The molecule has 0 saturated heterocycles. The molecule has 6 heteroatoms. The lowest BCUT2D eigenvalue weighted by atomic mass is 9.76. The Morgan fingerprint density at radius 1 is 1.47 bits per heavy atom. The SMILES string of the molecule is Cc1c(N)cc(CC(=O)O)cc1B(O)O. The molecule has 1 rings (SSSR count). The monoisotopic (exact) mass is 209 g/mol. The van der Waals surface area contributed by atoms with Crippen molar-refractivity contribution < 1.29 is 19.9 Å². The molecule has 5 nitrogen and oxygen atoms in total. The van der Waals surface area contributed by atoms with Gasteiger partial charge in [0.15, 0.2) is 0 Å². The summed E-state index contributed by atoms with van der Waals surface area (Å²) in [4.78, 5) is 10.5. The van der Waals surface area contributed by atoms with Crippen molar-refractivity contribution in [2.24, 2.45) is 0 Å². The van der Waals surface area contributed by atoms with E-state index >= 15 is 0 Å². The summed E-state index contributed by atoms with van der Waals surface area (Å²) in [5.74, 6) is -0.989. The smallest absolute Gasteiger partial charge is 0.481 e. The molecule has 0 atom stereocenters. The maximum Gasteiger partial charge on any atom is 0.488 e. The van der Waals surface area contributed by atoms with Crippen LogP contribution < -0.4 is 11.2 Å². The van der Waals surface area contributed by atoms with Crippen LogP contribution in [0.2, 0.25) is 0 Å². The molecule has 0 spiro atoms. The molecule has 0 aliphatic rings. The van der Waals surface area contributed by atoms with Gasteiger partial charge in [-0.2, -0.15) is 0 Å². The molecule has 15 heavy (non-hydrogen) atoms. The number of anilines is 1. The fraction of sp³-hybridized carbons (Fsp3) is 0.222. The van der Waals surface area contributed by atoms with Gasteiger partial charge in [0.1, 0.15) is 0 Å². The first-order valence-electron chi connectivity index (χ1n) is 4.38. The number of benzene rings is 1. The zero-order chi connectivity index (χ0) is 11.6. The Balaban J connectivity index is 3.17. The summed E-state index contributed by atoms with van der Waals surface area (Å²) in [7, 11) is -1.64. The number of nitrogen functional groups attached to an aromatic ring is 1. The van der Waals surface area contributed by atoms with Gasteiger partial charge in [0.2, 0.25) is 0 Å². The third-order valence-corrected chi connectivity index (χ3v) is 2.18. The molecule has 0 aromatic heterocycles. The van der Waals surface area contributed by atoms with Crippen LogP contribution >= 0.6 is 0 Å². The molecule has 80 valence electrons. The minimum atomic E-state index is -1.64. The Kier molecular flexibility index (Phi) is 3.33. The summed E-state index contributed by atoms with van der Waals surface area (Å²) in [6.45, 7) is 1.65. The van der Waals surface area contributed by atoms with Crippen LogP contribution in [0, 0.1) is 6.92 Å². The summed E-state index contributed by atoms with van der Waals surface area (Å²) in [5, 5.41) is 26.7. The summed E-state index contributed by atoms with van der Waals surface area (Å²) < 4.78 is 0. The topological polar surface area (TPSA) is 104 Å². The van der Waals surface area contributed by atoms with E-state index in [-0.39, 0.29) is 11.9 Å². The fourth-order valence-electron chi connectivity index (χ4n) is 1.37. The lowest BCUT2D eigenvalue weighted by Gasteiger charge is -2.10. The minimum Gasteiger partial charge on any atom is -0.481 e. The zero-order valence-corrected chi connectivity index (χ0v) is 8.27. The molecule has 0 heterocycles. The second kappa shape index (κ2) is 4.33. The number of hydrogen-bond acceptors (Lipinski definition) is 4. The van der Waals surface area contributed by atoms with Crippen LogP contribution in [0.15, 0.2) is 12.1 Å². The Morgan fingerprint density at radius 2 is 2.07 bits per heavy atom. The highest BCUT2D eigenvalue weighted by Gasteiger charge is 2.17. The quantitative estimate of drug-likeness (QED) is 0.373. The van der Waals surface area contributed by atoms with Gasteiger partial charge in [0, 0.05) is 5.69 Å². The molecule has 0 saturated carbocycles. The van der Waals surface area contributed by atoms with Gasteiger partial charge in [-0.25, -0.2) is 0 Å². The summed E-state index contributed by atoms with van der Waals surface area (Å²) >= 11 is 0. The predicted molar refractivity (Wildman–Crippen MR) is 56.8 cm³/mol. The van der Waals surface area contributed by atoms with E-state index < -0.39 is 13.1 Å². The normalized spacial score (nSPS) is 10.1. The fourth-order valence-corrected chi connectivity index (χ4v) is 1.37. The molecule has 0 amide bonds. The number of aliphatic carboxylic acids is 1. The van der Waals surface area contributed by atoms with Crippen LogP contribution in [0.25, 0.3) is 0 Å². The highest BCUT2D eigenvalue weighted by molar-refractivity contribution is 6.59. The molecular weight excluding hydrogens is 197 g/mol. The van der Waals surface area contributed by atoms with Crippen LogP contribution in [0.4, 0.5) is 5.69 Å². The van der Waals surface area contributed by atoms with Crippen LogP contribution in [0.5, 0.6) is 0 Å². The molecule has 0 fully saturated rings. The van der Waals surface area contributed by atoms with Crippen molar-refractivity contribution in [2.75, 3.05) is 5.73 Å². The Hall–Kier alpha value is -1.53. The van der Waals surface area contributed by atoms with Crippen molar-refractivity contribution in [1.82, 2.24) is 0 Å². The Labute approximate surface area is 87.3 Å². The second-order valence-corrected chi connectivity index (χ2v) is 3.34. The van der Waals surface area contributed by atoms with Crippen LogP contribution in [-0.2, 0) is 11.2 Å². The van der Waals surface area contributed by atoms with E-state index in [2.05, 4.69) is 0 Å². The predicted octanol–water partition coefficient (Wildman–Crippen LogP) is -1.12. The van der Waals surface area contributed by atoms with Crippen molar-refractivity contribution in [2.45, 2.75) is 13.3 Å². The van der Waals surface area contributed by atoms with Crippen LogP contribution in [-0.4, -0.2) is 28.2 Å². The highest BCUT2D eigenvalue weighted by atomic mass is 16.4. The van der Waals surface area contributed by atoms with E-state index in [4.69, 9.17) is 20.9 Å². The number of carboxylic acid groups (broad SMARTS) is 1. The Morgan fingerprint density at radius 3 is 2.53 bits per heavy atom. The van der Waals surface area contributed by atoms with Gasteiger partial charge in [-0.05, 0) is 29.6 Å². The lowest BCUT2D eigenvalue weighted by molar-refractivity contribution is -0.136. The molecule has 0 bridgehead atoms. The van der Waals surface area contributed by atoms with Crippen molar-refractivity contribution >= 4 is 24.2 Å². The van der Waals surface area contributed by atoms with Crippen molar-refractivity contribution in [3.63, 3.8) is 0 Å². The van der Waals surface area contributed by atoms with E-state index in [1.165, 1.54) is 12.1 Å². The molecule has 1 aromatic rings. The van der Waals surface area contributed by atoms with Crippen molar-refractivity contribution in [3.05, 3.63) is 23.3 Å². The van der Waals surface area contributed by atoms with Crippen molar-refractivity contribution in [3.8, 4) is 0 Å². The van der Waals surface area contributed by atoms with Gasteiger partial charge in [-0.15, -0.1) is 0 Å². The van der Waals surface area contributed by atoms with Gasteiger partial charge in [-0.3, -0.25) is 4.79 Å². The second-order valence-electron chi connectivity index (χ2n) is 3.34. The summed E-state index contributed by atoms with van der Waals surface area (Å²) in [5.41, 5.74) is 7.23. The maximum atomic E-state index is 10.5. The number of carboxylic acids is 1. The van der Waals surface area contributed by atoms with Crippen LogP contribution in [0.1, 0.15) is 11.1 Å². The molecule has 1 aromatic carbocycles. The molecule has 0 aliphatic carbocycles. The molecule has 0 radical (unpaired) electrons. The molecule has 5 N–H and O–H groups in total. The number of rotatable bonds is 3. The van der Waals surface area contributed by atoms with E-state index in [0.29, 0.717) is 16.8 Å². The van der Waals surface area contributed by atoms with Gasteiger partial charge in [0.05, 0.1) is 6.42 Å². The van der Waals surface area contributed by atoms with Gasteiger partial charge in [0.25, 0.3) is 0 Å². The highest BCUT2D eigenvalue weighted by Crippen LogP contribution is 2.12. The average molecular weight is 209 g/mol. The Bertz CT molecular complexity index is 392. The maximum absolute atomic E-state index is 10.5. The van der Waals surface area contributed by atoms with Gasteiger partial charge < -0.3 is 20.9 Å².